The Bertz CT molecular complexity index is 298. The first-order valence-electron chi connectivity index (χ1n) is 5.41. The van der Waals surface area contributed by atoms with E-state index in [1.165, 1.54) is 6.92 Å². The van der Waals surface area contributed by atoms with Gasteiger partial charge in [0.2, 0.25) is 0 Å². The number of aliphatic hydroxyl groups is 1. The molecule has 0 aliphatic heterocycles. The van der Waals surface area contributed by atoms with Crippen molar-refractivity contribution in [3.63, 3.8) is 0 Å². The van der Waals surface area contributed by atoms with Crippen LogP contribution in [-0.4, -0.2) is 30.9 Å². The van der Waals surface area contributed by atoms with Crippen LogP contribution in [0.2, 0.25) is 0 Å². The average molecular weight is 240 g/mol. The molecule has 0 aliphatic rings. The van der Waals surface area contributed by atoms with Gasteiger partial charge in [0.05, 0.1) is 13.2 Å². The van der Waals surface area contributed by atoms with Crippen molar-refractivity contribution >= 4 is 5.97 Å². The molecule has 0 saturated heterocycles. The van der Waals surface area contributed by atoms with Crippen molar-refractivity contribution < 1.29 is 19.4 Å². The maximum Gasteiger partial charge on any atom is 0.302 e. The maximum atomic E-state index is 10.3. The lowest BCUT2D eigenvalue weighted by Crippen LogP contribution is -2.17. The summed E-state index contributed by atoms with van der Waals surface area (Å²) in [7, 11) is 1.57. The van der Waals surface area contributed by atoms with Crippen LogP contribution in [-0.2, 0) is 20.9 Å². The first-order chi connectivity index (χ1) is 8.10. The second-order valence-electron chi connectivity index (χ2n) is 3.52. The third kappa shape index (κ3) is 9.53. The minimum Gasteiger partial charge on any atom is -0.460 e. The molecule has 0 fully saturated rings. The van der Waals surface area contributed by atoms with Crippen LogP contribution >= 0.6 is 0 Å². The molecule has 0 bridgehead atoms. The van der Waals surface area contributed by atoms with Crippen LogP contribution in [0.5, 0.6) is 0 Å². The normalized spacial score (nSPS) is 11.1. The van der Waals surface area contributed by atoms with E-state index in [0.29, 0.717) is 6.61 Å². The predicted molar refractivity (Wildman–Crippen MR) is 65.5 cm³/mol. The topological polar surface area (TPSA) is 55.8 Å². The molecule has 1 rings (SSSR count). The molecule has 1 aromatic rings. The number of benzene rings is 1. The van der Waals surface area contributed by atoms with E-state index in [1.807, 2.05) is 30.3 Å². The Morgan fingerprint density at radius 2 is 1.94 bits per heavy atom. The highest BCUT2D eigenvalue weighted by molar-refractivity contribution is 5.66. The molecule has 1 atom stereocenters. The van der Waals surface area contributed by atoms with Crippen LogP contribution in [0.4, 0.5) is 0 Å². The van der Waals surface area contributed by atoms with E-state index in [2.05, 4.69) is 0 Å². The van der Waals surface area contributed by atoms with E-state index < -0.39 is 0 Å². The summed E-state index contributed by atoms with van der Waals surface area (Å²) < 4.78 is 9.45. The quantitative estimate of drug-likeness (QED) is 0.815. The van der Waals surface area contributed by atoms with Crippen molar-refractivity contribution in [1.82, 2.24) is 0 Å². The Morgan fingerprint density at radius 3 is 2.29 bits per heavy atom. The summed E-state index contributed by atoms with van der Waals surface area (Å²) in [5.74, 6) is -0.264. The highest BCUT2D eigenvalue weighted by Crippen LogP contribution is 1.95. The third-order valence-electron chi connectivity index (χ3n) is 1.79. The Labute approximate surface area is 102 Å². The van der Waals surface area contributed by atoms with E-state index in [0.717, 1.165) is 5.56 Å². The van der Waals surface area contributed by atoms with Gasteiger partial charge in [0.15, 0.2) is 0 Å². The summed E-state index contributed by atoms with van der Waals surface area (Å²) in [5, 5.41) is 8.54. The monoisotopic (exact) mass is 240 g/mol. The Morgan fingerprint density at radius 1 is 1.35 bits per heavy atom. The molecule has 0 aromatic heterocycles. The minimum absolute atomic E-state index is 0.132. The molecule has 0 aliphatic carbocycles. The zero-order valence-corrected chi connectivity index (χ0v) is 10.6. The summed E-state index contributed by atoms with van der Waals surface area (Å²) in [6, 6.07) is 9.52. The Kier molecular flexibility index (Phi) is 9.01. The standard InChI is InChI=1S/C7H8O.C6H12O3/c8-6-7-4-2-1-3-5-7;1-5(4-8-3)9-6(2)7/h1-5,8H,6H2;5H,4H2,1-3H3. The van der Waals surface area contributed by atoms with E-state index in [-0.39, 0.29) is 18.7 Å². The molecule has 1 aromatic carbocycles. The lowest BCUT2D eigenvalue weighted by Gasteiger charge is -2.08. The SMILES string of the molecule is COCC(C)OC(C)=O.OCc1ccccc1. The van der Waals surface area contributed by atoms with E-state index in [9.17, 15) is 4.79 Å². The van der Waals surface area contributed by atoms with Crippen molar-refractivity contribution in [2.45, 2.75) is 26.6 Å². The molecule has 0 radical (unpaired) electrons. The van der Waals surface area contributed by atoms with Crippen LogP contribution in [0, 0.1) is 0 Å². The smallest absolute Gasteiger partial charge is 0.302 e. The molecule has 4 heteroatoms. The lowest BCUT2D eigenvalue weighted by atomic mass is 10.2. The molecule has 1 unspecified atom stereocenters. The van der Waals surface area contributed by atoms with Gasteiger partial charge in [0, 0.05) is 14.0 Å². The summed E-state index contributed by atoms with van der Waals surface area (Å²) in [6.07, 6.45) is -0.132. The second-order valence-corrected chi connectivity index (χ2v) is 3.52. The molecule has 0 amide bonds. The summed E-state index contributed by atoms with van der Waals surface area (Å²) in [6.45, 7) is 3.76. The van der Waals surface area contributed by atoms with Crippen molar-refractivity contribution in [2.75, 3.05) is 13.7 Å². The largest absolute Gasteiger partial charge is 0.460 e. The van der Waals surface area contributed by atoms with Gasteiger partial charge < -0.3 is 14.6 Å². The highest BCUT2D eigenvalue weighted by Gasteiger charge is 2.02. The Hall–Kier alpha value is -1.39. The number of hydrogen-bond acceptors (Lipinski definition) is 4. The fourth-order valence-corrected chi connectivity index (χ4v) is 1.14. The van der Waals surface area contributed by atoms with Crippen molar-refractivity contribution in [3.05, 3.63) is 35.9 Å². The molecule has 96 valence electrons. The number of carbonyl (C=O) groups excluding carboxylic acids is 1. The van der Waals surface area contributed by atoms with Gasteiger partial charge in [0.25, 0.3) is 0 Å². The van der Waals surface area contributed by atoms with E-state index in [4.69, 9.17) is 14.6 Å². The van der Waals surface area contributed by atoms with Crippen LogP contribution < -0.4 is 0 Å². The molecule has 1 N–H and O–H groups in total. The van der Waals surface area contributed by atoms with Gasteiger partial charge in [-0.3, -0.25) is 4.79 Å². The van der Waals surface area contributed by atoms with Gasteiger partial charge in [-0.2, -0.15) is 0 Å². The number of ether oxygens (including phenoxy) is 2. The zero-order chi connectivity index (χ0) is 13.1. The number of esters is 1. The first-order valence-corrected chi connectivity index (χ1v) is 5.41. The first kappa shape index (κ1) is 15.6. The van der Waals surface area contributed by atoms with Crippen LogP contribution in [0.1, 0.15) is 19.4 Å². The molecule has 0 spiro atoms. The van der Waals surface area contributed by atoms with Crippen LogP contribution in [0.25, 0.3) is 0 Å². The number of aliphatic hydroxyl groups excluding tert-OH is 1. The van der Waals surface area contributed by atoms with E-state index in [1.54, 1.807) is 14.0 Å². The second kappa shape index (κ2) is 9.81. The zero-order valence-electron chi connectivity index (χ0n) is 10.6. The van der Waals surface area contributed by atoms with Gasteiger partial charge in [0.1, 0.15) is 6.10 Å². The lowest BCUT2D eigenvalue weighted by molar-refractivity contribution is -0.147. The number of carbonyl (C=O) groups is 1. The highest BCUT2D eigenvalue weighted by atomic mass is 16.6. The van der Waals surface area contributed by atoms with Crippen LogP contribution in [0.15, 0.2) is 30.3 Å². The summed E-state index contributed by atoms with van der Waals surface area (Å²) >= 11 is 0. The van der Waals surface area contributed by atoms with Crippen molar-refractivity contribution in [2.24, 2.45) is 0 Å². The summed E-state index contributed by atoms with van der Waals surface area (Å²) in [5.41, 5.74) is 0.965. The molecule has 0 heterocycles. The Balaban J connectivity index is 0.000000302. The number of methoxy groups -OCH3 is 1. The summed E-state index contributed by atoms with van der Waals surface area (Å²) in [4.78, 5) is 10.3. The molecule has 0 saturated carbocycles. The third-order valence-corrected chi connectivity index (χ3v) is 1.79. The molecule has 4 nitrogen and oxygen atoms in total. The fourth-order valence-electron chi connectivity index (χ4n) is 1.14. The maximum absolute atomic E-state index is 10.3. The number of hydrogen-bond donors (Lipinski definition) is 1. The molecular formula is C13H20O4. The molecule has 17 heavy (non-hydrogen) atoms. The average Bonchev–Trinajstić information content (AvgIpc) is 2.30. The van der Waals surface area contributed by atoms with Gasteiger partial charge in [-0.1, -0.05) is 30.3 Å². The molecular weight excluding hydrogens is 220 g/mol. The van der Waals surface area contributed by atoms with Crippen molar-refractivity contribution in [3.8, 4) is 0 Å². The van der Waals surface area contributed by atoms with Gasteiger partial charge in [-0.05, 0) is 12.5 Å². The van der Waals surface area contributed by atoms with Gasteiger partial charge in [-0.15, -0.1) is 0 Å². The van der Waals surface area contributed by atoms with Crippen LogP contribution in [0.3, 0.4) is 0 Å². The van der Waals surface area contributed by atoms with Crippen molar-refractivity contribution in [1.29, 1.82) is 0 Å². The van der Waals surface area contributed by atoms with Gasteiger partial charge >= 0.3 is 5.97 Å². The van der Waals surface area contributed by atoms with Gasteiger partial charge in [-0.25, -0.2) is 0 Å². The van der Waals surface area contributed by atoms with E-state index >= 15 is 0 Å². The fraction of sp³-hybridized carbons (Fsp3) is 0.462. The number of rotatable bonds is 4. The minimum atomic E-state index is -0.264. The predicted octanol–water partition coefficient (Wildman–Crippen LogP) is 1.76.